The molecule has 2 aromatic carbocycles. The number of nitrogens with one attached hydrogen (secondary N) is 1. The Morgan fingerprint density at radius 1 is 1.18 bits per heavy atom. The van der Waals surface area contributed by atoms with Gasteiger partial charge in [-0.3, -0.25) is 0 Å². The van der Waals surface area contributed by atoms with E-state index >= 15 is 0 Å². The van der Waals surface area contributed by atoms with Gasteiger partial charge in [0.2, 0.25) is 5.88 Å². The number of oxazole rings is 1. The summed E-state index contributed by atoms with van der Waals surface area (Å²) in [7, 11) is 2.76. The number of rotatable bonds is 5. The van der Waals surface area contributed by atoms with Gasteiger partial charge in [-0.15, -0.1) is 0 Å². The summed E-state index contributed by atoms with van der Waals surface area (Å²) in [5.41, 5.74) is 3.15. The number of halogens is 1. The van der Waals surface area contributed by atoms with E-state index < -0.39 is 5.97 Å². The molecule has 2 aromatic heterocycles. The van der Waals surface area contributed by atoms with E-state index in [0.29, 0.717) is 34.1 Å². The third-order valence-electron chi connectivity index (χ3n) is 4.25. The lowest BCUT2D eigenvalue weighted by atomic mass is 10.1. The number of aromatic nitrogens is 2. The summed E-state index contributed by atoms with van der Waals surface area (Å²) in [6.45, 7) is 0.373. The fourth-order valence-corrected chi connectivity index (χ4v) is 3.22. The number of para-hydroxylation sites is 2. The number of fused-ring (bicyclic) bond motifs is 2. The number of hydrogen-bond acceptors (Lipinski definition) is 7. The van der Waals surface area contributed by atoms with Crippen molar-refractivity contribution in [1.29, 1.82) is 0 Å². The van der Waals surface area contributed by atoms with Crippen molar-refractivity contribution in [3.63, 3.8) is 0 Å². The van der Waals surface area contributed by atoms with E-state index in [2.05, 4.69) is 15.3 Å². The standard InChI is InChI=1S/C20H16ClN3O4/c1-26-18-14(19(25)27-2)9-11-7-13(21)8-12(17(11)24-18)10-22-20-23-15-5-3-4-6-16(15)28-20/h3-9H,10H2,1-2H3,(H,22,23). The molecule has 7 nitrogen and oxygen atoms in total. The first-order chi connectivity index (χ1) is 13.6. The van der Waals surface area contributed by atoms with Crippen LogP contribution in [0.5, 0.6) is 5.88 Å². The van der Waals surface area contributed by atoms with E-state index in [1.807, 2.05) is 24.3 Å². The third-order valence-corrected chi connectivity index (χ3v) is 4.47. The highest BCUT2D eigenvalue weighted by Crippen LogP contribution is 2.29. The molecule has 0 bridgehead atoms. The Morgan fingerprint density at radius 2 is 2.00 bits per heavy atom. The number of anilines is 1. The highest BCUT2D eigenvalue weighted by Gasteiger charge is 2.18. The van der Waals surface area contributed by atoms with E-state index in [4.69, 9.17) is 25.5 Å². The minimum atomic E-state index is -0.530. The fraction of sp³-hybridized carbons (Fsp3) is 0.150. The maximum Gasteiger partial charge on any atom is 0.343 e. The average Bonchev–Trinajstić information content (AvgIpc) is 3.13. The smallest absolute Gasteiger partial charge is 0.343 e. The molecule has 4 aromatic rings. The van der Waals surface area contributed by atoms with Gasteiger partial charge < -0.3 is 19.2 Å². The van der Waals surface area contributed by atoms with Gasteiger partial charge in [-0.05, 0) is 35.9 Å². The monoisotopic (exact) mass is 397 g/mol. The molecule has 28 heavy (non-hydrogen) atoms. The van der Waals surface area contributed by atoms with Gasteiger partial charge in [0, 0.05) is 17.0 Å². The molecule has 1 N–H and O–H groups in total. The second kappa shape index (κ2) is 7.36. The van der Waals surface area contributed by atoms with Gasteiger partial charge in [-0.2, -0.15) is 4.98 Å². The summed E-state index contributed by atoms with van der Waals surface area (Å²) in [5.74, 6) is -0.345. The average molecular weight is 398 g/mol. The lowest BCUT2D eigenvalue weighted by molar-refractivity contribution is 0.0596. The molecule has 0 aliphatic heterocycles. The summed E-state index contributed by atoms with van der Waals surface area (Å²) < 4.78 is 15.7. The Kier molecular flexibility index (Phi) is 4.75. The zero-order valence-electron chi connectivity index (χ0n) is 15.2. The predicted molar refractivity (Wildman–Crippen MR) is 106 cm³/mol. The topological polar surface area (TPSA) is 86.5 Å². The minimum absolute atomic E-state index is 0.185. The highest BCUT2D eigenvalue weighted by molar-refractivity contribution is 6.31. The van der Waals surface area contributed by atoms with Gasteiger partial charge in [0.1, 0.15) is 11.1 Å². The Morgan fingerprint density at radius 3 is 2.75 bits per heavy atom. The van der Waals surface area contributed by atoms with Gasteiger partial charge in [-0.25, -0.2) is 9.78 Å². The largest absolute Gasteiger partial charge is 0.480 e. The zero-order chi connectivity index (χ0) is 19.7. The van der Waals surface area contributed by atoms with Gasteiger partial charge in [0.05, 0.1) is 19.7 Å². The van der Waals surface area contributed by atoms with Crippen molar-refractivity contribution >= 4 is 45.6 Å². The third kappa shape index (κ3) is 3.32. The Hall–Kier alpha value is -3.32. The Labute approximate surface area is 165 Å². The number of ether oxygens (including phenoxy) is 2. The number of nitrogens with zero attached hydrogens (tertiary/aromatic N) is 2. The van der Waals surface area contributed by atoms with E-state index in [1.165, 1.54) is 14.2 Å². The summed E-state index contributed by atoms with van der Waals surface area (Å²) >= 11 is 6.27. The van der Waals surface area contributed by atoms with Gasteiger partial charge >= 0.3 is 5.97 Å². The van der Waals surface area contributed by atoms with Crippen molar-refractivity contribution in [3.8, 4) is 5.88 Å². The number of carbonyl (C=O) groups excluding carboxylic acids is 1. The molecule has 0 fully saturated rings. The number of esters is 1. The summed E-state index contributed by atoms with van der Waals surface area (Å²) in [6, 6.07) is 13.1. The molecule has 2 heterocycles. The molecule has 0 aliphatic carbocycles. The van der Waals surface area contributed by atoms with Crippen LogP contribution in [0.4, 0.5) is 6.01 Å². The van der Waals surface area contributed by atoms with Crippen LogP contribution in [-0.4, -0.2) is 30.2 Å². The van der Waals surface area contributed by atoms with Crippen LogP contribution >= 0.6 is 11.6 Å². The van der Waals surface area contributed by atoms with Crippen molar-refractivity contribution in [2.45, 2.75) is 6.54 Å². The molecule has 142 valence electrons. The molecule has 4 rings (SSSR count). The molecule has 0 spiro atoms. The number of methoxy groups -OCH3 is 2. The first-order valence-electron chi connectivity index (χ1n) is 8.44. The maximum absolute atomic E-state index is 12.0. The lowest BCUT2D eigenvalue weighted by Gasteiger charge is -2.11. The Balaban J connectivity index is 1.72. The number of carbonyl (C=O) groups is 1. The molecule has 0 saturated carbocycles. The van der Waals surface area contributed by atoms with Crippen LogP contribution in [0.15, 0.2) is 46.9 Å². The van der Waals surface area contributed by atoms with E-state index in [1.54, 1.807) is 18.2 Å². The minimum Gasteiger partial charge on any atom is -0.480 e. The summed E-state index contributed by atoms with van der Waals surface area (Å²) in [6.07, 6.45) is 0. The Bertz CT molecular complexity index is 1160. The van der Waals surface area contributed by atoms with E-state index in [9.17, 15) is 4.79 Å². The molecular weight excluding hydrogens is 382 g/mol. The second-order valence-corrected chi connectivity index (χ2v) is 6.45. The van der Waals surface area contributed by atoms with E-state index in [0.717, 1.165) is 11.1 Å². The van der Waals surface area contributed by atoms with Crippen molar-refractivity contribution in [2.24, 2.45) is 0 Å². The van der Waals surface area contributed by atoms with Crippen molar-refractivity contribution < 1.29 is 18.7 Å². The molecule has 0 unspecified atom stereocenters. The highest BCUT2D eigenvalue weighted by atomic mass is 35.5. The van der Waals surface area contributed by atoms with Crippen molar-refractivity contribution in [3.05, 3.63) is 58.6 Å². The molecule has 8 heteroatoms. The van der Waals surface area contributed by atoms with E-state index in [-0.39, 0.29) is 11.4 Å². The SMILES string of the molecule is COC(=O)c1cc2cc(Cl)cc(CNc3nc4ccccc4o3)c2nc1OC. The summed E-state index contributed by atoms with van der Waals surface area (Å²) in [5, 5.41) is 4.36. The van der Waals surface area contributed by atoms with Crippen LogP contribution in [0.25, 0.3) is 22.0 Å². The number of benzene rings is 2. The van der Waals surface area contributed by atoms with Crippen LogP contribution in [0, 0.1) is 0 Å². The summed E-state index contributed by atoms with van der Waals surface area (Å²) in [4.78, 5) is 20.9. The first kappa shape index (κ1) is 18.1. The lowest BCUT2D eigenvalue weighted by Crippen LogP contribution is -2.07. The second-order valence-electron chi connectivity index (χ2n) is 6.01. The van der Waals surface area contributed by atoms with Crippen molar-refractivity contribution in [2.75, 3.05) is 19.5 Å². The molecule has 0 atom stereocenters. The van der Waals surface area contributed by atoms with Crippen molar-refractivity contribution in [1.82, 2.24) is 9.97 Å². The normalized spacial score (nSPS) is 11.0. The molecule has 0 saturated heterocycles. The maximum atomic E-state index is 12.0. The van der Waals surface area contributed by atoms with Gasteiger partial charge in [0.15, 0.2) is 5.58 Å². The first-order valence-corrected chi connectivity index (χ1v) is 8.81. The predicted octanol–water partition coefficient (Wildman–Crippen LogP) is 4.44. The van der Waals surface area contributed by atoms with Crippen LogP contribution < -0.4 is 10.1 Å². The van der Waals surface area contributed by atoms with Crippen LogP contribution in [-0.2, 0) is 11.3 Å². The van der Waals surface area contributed by atoms with Crippen LogP contribution in [0.2, 0.25) is 5.02 Å². The molecule has 0 aliphatic rings. The van der Waals surface area contributed by atoms with Gasteiger partial charge in [-0.1, -0.05) is 23.7 Å². The quantitative estimate of drug-likeness (QED) is 0.498. The van der Waals surface area contributed by atoms with Crippen LogP contribution in [0.1, 0.15) is 15.9 Å². The molecule has 0 radical (unpaired) electrons. The van der Waals surface area contributed by atoms with Crippen LogP contribution in [0.3, 0.4) is 0 Å². The van der Waals surface area contributed by atoms with Gasteiger partial charge in [0.25, 0.3) is 6.01 Å². The number of hydrogen-bond donors (Lipinski definition) is 1. The molecule has 0 amide bonds. The number of pyridine rings is 1. The zero-order valence-corrected chi connectivity index (χ0v) is 15.9. The fourth-order valence-electron chi connectivity index (χ4n) is 2.97. The molecular formula is C20H16ClN3O4.